The molecule has 0 aromatic heterocycles. The van der Waals surface area contributed by atoms with Gasteiger partial charge >= 0.3 is 0 Å². The number of likely N-dealkylation sites (tertiary alicyclic amines) is 2. The third-order valence-corrected chi connectivity index (χ3v) is 5.99. The number of piperidine rings is 1. The van der Waals surface area contributed by atoms with E-state index in [1.165, 1.54) is 12.8 Å². The molecule has 26 heavy (non-hydrogen) atoms. The van der Waals surface area contributed by atoms with Crippen LogP contribution in [0, 0.1) is 0 Å². The van der Waals surface area contributed by atoms with Crippen molar-refractivity contribution in [3.63, 3.8) is 0 Å². The van der Waals surface area contributed by atoms with Crippen LogP contribution in [-0.4, -0.2) is 54.0 Å². The summed E-state index contributed by atoms with van der Waals surface area (Å²) in [5, 5.41) is 4.93. The van der Waals surface area contributed by atoms with Gasteiger partial charge in [-0.15, -0.1) is 0 Å². The van der Waals surface area contributed by atoms with E-state index in [4.69, 9.17) is 28.7 Å². The summed E-state index contributed by atoms with van der Waals surface area (Å²) in [5.74, 6) is 0.0467. The molecule has 6 nitrogen and oxygen atoms in total. The first-order valence-corrected chi connectivity index (χ1v) is 9.84. The molecule has 2 atom stereocenters. The van der Waals surface area contributed by atoms with Gasteiger partial charge in [0.2, 0.25) is 5.91 Å². The number of benzene rings is 1. The van der Waals surface area contributed by atoms with Gasteiger partial charge in [-0.3, -0.25) is 4.79 Å². The van der Waals surface area contributed by atoms with E-state index in [9.17, 15) is 4.79 Å². The standard InChI is InChI=1S/C18H23Cl2N5O/c19-14-6-5-13(10-15(14)20)11-18(26)25-9-3-4-16(22-23-21)17(25)12-24-7-1-2-8-24/h5-6,10,16-17H,1-4,7-9,11-12H2/t16-,17+/m1/s1. The second-order valence-electron chi connectivity index (χ2n) is 7.00. The molecule has 3 rings (SSSR count). The third kappa shape index (κ3) is 4.63. The Balaban J connectivity index is 1.75. The lowest BCUT2D eigenvalue weighted by molar-refractivity contribution is -0.135. The number of hydrogen-bond donors (Lipinski definition) is 0. The van der Waals surface area contributed by atoms with Crippen molar-refractivity contribution in [3.8, 4) is 0 Å². The van der Waals surface area contributed by atoms with E-state index in [-0.39, 0.29) is 24.4 Å². The summed E-state index contributed by atoms with van der Waals surface area (Å²) in [6.07, 6.45) is 4.34. The first-order chi connectivity index (χ1) is 12.6. The fourth-order valence-corrected chi connectivity index (χ4v) is 4.24. The summed E-state index contributed by atoms with van der Waals surface area (Å²) < 4.78 is 0. The zero-order chi connectivity index (χ0) is 18.5. The van der Waals surface area contributed by atoms with Crippen LogP contribution in [0.5, 0.6) is 0 Å². The zero-order valence-corrected chi connectivity index (χ0v) is 16.2. The normalized spacial score (nSPS) is 23.7. The average Bonchev–Trinajstić information content (AvgIpc) is 3.13. The molecular formula is C18H23Cl2N5O. The van der Waals surface area contributed by atoms with Crippen LogP contribution >= 0.6 is 23.2 Å². The van der Waals surface area contributed by atoms with Crippen molar-refractivity contribution in [2.24, 2.45) is 5.11 Å². The lowest BCUT2D eigenvalue weighted by Crippen LogP contribution is -2.55. The van der Waals surface area contributed by atoms with Crippen molar-refractivity contribution in [1.82, 2.24) is 9.80 Å². The van der Waals surface area contributed by atoms with Crippen LogP contribution in [0.4, 0.5) is 0 Å². The predicted octanol–water partition coefficient (Wildman–Crippen LogP) is 4.30. The number of azide groups is 1. The van der Waals surface area contributed by atoms with Gasteiger partial charge in [-0.25, -0.2) is 0 Å². The summed E-state index contributed by atoms with van der Waals surface area (Å²) in [6.45, 7) is 3.58. The first kappa shape index (κ1) is 19.3. The Labute approximate surface area is 163 Å². The van der Waals surface area contributed by atoms with Gasteiger partial charge in [0.25, 0.3) is 0 Å². The molecule has 2 fully saturated rings. The van der Waals surface area contributed by atoms with E-state index in [1.807, 2.05) is 11.0 Å². The Bertz CT molecular complexity index is 701. The molecule has 0 aliphatic carbocycles. The topological polar surface area (TPSA) is 72.3 Å². The van der Waals surface area contributed by atoms with Crippen molar-refractivity contribution < 1.29 is 4.79 Å². The number of carbonyl (C=O) groups is 1. The molecule has 0 saturated carbocycles. The van der Waals surface area contributed by atoms with Crippen LogP contribution in [0.15, 0.2) is 23.3 Å². The van der Waals surface area contributed by atoms with E-state index < -0.39 is 0 Å². The first-order valence-electron chi connectivity index (χ1n) is 9.08. The quantitative estimate of drug-likeness (QED) is 0.423. The molecule has 2 aliphatic rings. The highest BCUT2D eigenvalue weighted by Crippen LogP contribution is 2.26. The maximum atomic E-state index is 13.0. The van der Waals surface area contributed by atoms with Gasteiger partial charge in [0.1, 0.15) is 0 Å². The Morgan fingerprint density at radius 3 is 2.65 bits per heavy atom. The molecule has 0 spiro atoms. The Morgan fingerprint density at radius 2 is 1.96 bits per heavy atom. The number of carbonyl (C=O) groups excluding carboxylic acids is 1. The predicted molar refractivity (Wildman–Crippen MR) is 104 cm³/mol. The minimum absolute atomic E-state index is 0.0467. The number of hydrogen-bond acceptors (Lipinski definition) is 3. The lowest BCUT2D eigenvalue weighted by atomic mass is 9.95. The van der Waals surface area contributed by atoms with Gasteiger partial charge in [0.05, 0.1) is 28.5 Å². The van der Waals surface area contributed by atoms with Gasteiger partial charge < -0.3 is 9.80 Å². The van der Waals surface area contributed by atoms with Gasteiger partial charge in [-0.1, -0.05) is 34.4 Å². The molecule has 140 valence electrons. The van der Waals surface area contributed by atoms with E-state index in [0.717, 1.165) is 38.0 Å². The SMILES string of the molecule is [N-]=[N+]=N[C@@H]1CCCN(C(=O)Cc2ccc(Cl)c(Cl)c2)[C@H]1CN1CCCC1. The molecule has 1 aromatic rings. The van der Waals surface area contributed by atoms with E-state index in [0.29, 0.717) is 16.6 Å². The molecule has 2 saturated heterocycles. The second-order valence-corrected chi connectivity index (χ2v) is 7.82. The smallest absolute Gasteiger partial charge is 0.227 e. The fourth-order valence-electron chi connectivity index (χ4n) is 3.92. The fraction of sp³-hybridized carbons (Fsp3) is 0.611. The lowest BCUT2D eigenvalue weighted by Gasteiger charge is -2.41. The zero-order valence-electron chi connectivity index (χ0n) is 14.7. The van der Waals surface area contributed by atoms with Crippen molar-refractivity contribution in [3.05, 3.63) is 44.3 Å². The Kier molecular flexibility index (Phi) is 6.65. The molecule has 0 unspecified atom stereocenters. The molecule has 0 radical (unpaired) electrons. The number of amides is 1. The summed E-state index contributed by atoms with van der Waals surface area (Å²) >= 11 is 12.0. The van der Waals surface area contributed by atoms with E-state index in [1.54, 1.807) is 12.1 Å². The third-order valence-electron chi connectivity index (χ3n) is 5.25. The molecule has 0 N–H and O–H groups in total. The Hall–Kier alpha value is -1.46. The maximum Gasteiger partial charge on any atom is 0.227 e. The minimum Gasteiger partial charge on any atom is -0.338 e. The number of nitrogens with zero attached hydrogens (tertiary/aromatic N) is 5. The van der Waals surface area contributed by atoms with Crippen LogP contribution in [-0.2, 0) is 11.2 Å². The van der Waals surface area contributed by atoms with Crippen molar-refractivity contribution in [2.75, 3.05) is 26.2 Å². The van der Waals surface area contributed by atoms with Gasteiger partial charge in [0.15, 0.2) is 0 Å². The molecule has 1 aromatic carbocycles. The monoisotopic (exact) mass is 395 g/mol. The van der Waals surface area contributed by atoms with Crippen LogP contribution in [0.25, 0.3) is 10.4 Å². The summed E-state index contributed by atoms with van der Waals surface area (Å²) in [5.41, 5.74) is 9.77. The summed E-state index contributed by atoms with van der Waals surface area (Å²) in [4.78, 5) is 20.3. The van der Waals surface area contributed by atoms with Crippen LogP contribution < -0.4 is 0 Å². The molecule has 1 amide bonds. The molecule has 8 heteroatoms. The van der Waals surface area contributed by atoms with E-state index in [2.05, 4.69) is 14.9 Å². The molecule has 0 bridgehead atoms. The highest BCUT2D eigenvalue weighted by Gasteiger charge is 2.35. The number of rotatable bonds is 5. The van der Waals surface area contributed by atoms with E-state index >= 15 is 0 Å². The average molecular weight is 396 g/mol. The molecular weight excluding hydrogens is 373 g/mol. The van der Waals surface area contributed by atoms with Crippen molar-refractivity contribution in [2.45, 2.75) is 44.2 Å². The van der Waals surface area contributed by atoms with Crippen LogP contribution in [0.1, 0.15) is 31.2 Å². The largest absolute Gasteiger partial charge is 0.338 e. The van der Waals surface area contributed by atoms with Gasteiger partial charge in [0, 0.05) is 18.0 Å². The Morgan fingerprint density at radius 1 is 1.19 bits per heavy atom. The van der Waals surface area contributed by atoms with Gasteiger partial charge in [-0.05, 0) is 62.0 Å². The summed E-state index contributed by atoms with van der Waals surface area (Å²) in [7, 11) is 0. The molecule has 2 heterocycles. The maximum absolute atomic E-state index is 13.0. The number of halogens is 2. The highest BCUT2D eigenvalue weighted by atomic mass is 35.5. The molecule has 2 aliphatic heterocycles. The minimum atomic E-state index is -0.160. The van der Waals surface area contributed by atoms with Crippen LogP contribution in [0.3, 0.4) is 0 Å². The highest BCUT2D eigenvalue weighted by molar-refractivity contribution is 6.42. The van der Waals surface area contributed by atoms with Crippen LogP contribution in [0.2, 0.25) is 10.0 Å². The second kappa shape index (κ2) is 8.96. The summed E-state index contributed by atoms with van der Waals surface area (Å²) in [6, 6.07) is 5.07. The van der Waals surface area contributed by atoms with Crippen molar-refractivity contribution in [1.29, 1.82) is 0 Å². The van der Waals surface area contributed by atoms with Crippen molar-refractivity contribution >= 4 is 29.1 Å². The van der Waals surface area contributed by atoms with Gasteiger partial charge in [-0.2, -0.15) is 0 Å².